The molecule has 15 heavy (non-hydrogen) atoms. The van der Waals surface area contributed by atoms with Crippen LogP contribution in [0.15, 0.2) is 47.7 Å². The largest absolute Gasteiger partial charge is 0.319 e. The fourth-order valence-corrected chi connectivity index (χ4v) is 1.61. The van der Waals surface area contributed by atoms with Gasteiger partial charge in [0.25, 0.3) is 0 Å². The van der Waals surface area contributed by atoms with Crippen molar-refractivity contribution in [3.8, 4) is 5.69 Å². The Morgan fingerprint density at radius 2 is 1.93 bits per heavy atom. The molecule has 2 rings (SSSR count). The van der Waals surface area contributed by atoms with Gasteiger partial charge in [-0.3, -0.25) is 0 Å². The third-order valence-corrected chi connectivity index (χ3v) is 2.43. The minimum atomic E-state index is 0.398. The number of nitrogens with zero attached hydrogens (tertiary/aromatic N) is 2. The van der Waals surface area contributed by atoms with E-state index in [9.17, 15) is 0 Å². The highest BCUT2D eigenvalue weighted by Crippen LogP contribution is 2.16. The first-order valence-corrected chi connectivity index (χ1v) is 4.94. The molecule has 0 aliphatic carbocycles. The highest BCUT2D eigenvalue weighted by molar-refractivity contribution is 6.30. The van der Waals surface area contributed by atoms with Crippen molar-refractivity contribution >= 4 is 11.6 Å². The first-order valence-electron chi connectivity index (χ1n) is 4.56. The maximum absolute atomic E-state index is 6.86. The molecule has 0 aliphatic heterocycles. The standard InChI is InChI=1S/C11H10ClN3/c12-9-3-5-10(6-4-9)15-7-1-2-11(15)8-14-13/h1-7,13H,8H2. The predicted octanol–water partition coefficient (Wildman–Crippen LogP) is 3.66. The minimum Gasteiger partial charge on any atom is -0.319 e. The SMILES string of the molecule is N=NCc1cccn1-c1ccc(Cl)cc1. The van der Waals surface area contributed by atoms with Crippen molar-refractivity contribution in [2.75, 3.05) is 0 Å². The smallest absolute Gasteiger partial charge is 0.100 e. The van der Waals surface area contributed by atoms with Gasteiger partial charge in [-0.15, -0.1) is 0 Å². The molecule has 1 heterocycles. The van der Waals surface area contributed by atoms with Gasteiger partial charge in [-0.25, -0.2) is 5.53 Å². The van der Waals surface area contributed by atoms with Gasteiger partial charge in [0.05, 0.1) is 0 Å². The molecular formula is C11H10ClN3. The summed E-state index contributed by atoms with van der Waals surface area (Å²) in [5.74, 6) is 0. The Morgan fingerprint density at radius 1 is 1.20 bits per heavy atom. The van der Waals surface area contributed by atoms with Gasteiger partial charge >= 0.3 is 0 Å². The van der Waals surface area contributed by atoms with E-state index in [1.54, 1.807) is 0 Å². The number of hydrogen-bond donors (Lipinski definition) is 1. The van der Waals surface area contributed by atoms with Gasteiger partial charge in [0, 0.05) is 22.6 Å². The molecule has 0 fully saturated rings. The molecule has 2 aromatic rings. The van der Waals surface area contributed by atoms with Crippen LogP contribution in [0.2, 0.25) is 5.02 Å². The van der Waals surface area contributed by atoms with E-state index in [2.05, 4.69) is 5.11 Å². The summed E-state index contributed by atoms with van der Waals surface area (Å²) in [5.41, 5.74) is 8.89. The molecule has 3 nitrogen and oxygen atoms in total. The van der Waals surface area contributed by atoms with Crippen molar-refractivity contribution in [3.05, 3.63) is 53.3 Å². The third kappa shape index (κ3) is 2.07. The fraction of sp³-hybridized carbons (Fsp3) is 0.0909. The molecular weight excluding hydrogens is 210 g/mol. The molecule has 0 aliphatic rings. The van der Waals surface area contributed by atoms with E-state index in [1.165, 1.54) is 0 Å². The molecule has 0 amide bonds. The highest BCUT2D eigenvalue weighted by Gasteiger charge is 2.01. The normalized spacial score (nSPS) is 10.2. The molecule has 0 saturated heterocycles. The van der Waals surface area contributed by atoms with Crippen LogP contribution in [-0.2, 0) is 6.54 Å². The Labute approximate surface area is 92.8 Å². The minimum absolute atomic E-state index is 0.398. The zero-order chi connectivity index (χ0) is 10.7. The maximum atomic E-state index is 6.86. The van der Waals surface area contributed by atoms with Gasteiger partial charge in [0.15, 0.2) is 0 Å². The van der Waals surface area contributed by atoms with E-state index in [0.717, 1.165) is 16.4 Å². The van der Waals surface area contributed by atoms with Gasteiger partial charge in [-0.1, -0.05) is 11.6 Å². The summed E-state index contributed by atoms with van der Waals surface area (Å²) in [5, 5.41) is 4.11. The van der Waals surface area contributed by atoms with Crippen molar-refractivity contribution in [3.63, 3.8) is 0 Å². The van der Waals surface area contributed by atoms with E-state index in [-0.39, 0.29) is 0 Å². The molecule has 1 aromatic heterocycles. The van der Waals surface area contributed by atoms with Crippen molar-refractivity contribution in [2.24, 2.45) is 5.11 Å². The predicted molar refractivity (Wildman–Crippen MR) is 59.6 cm³/mol. The molecule has 4 heteroatoms. The second kappa shape index (κ2) is 4.28. The number of benzene rings is 1. The van der Waals surface area contributed by atoms with Crippen molar-refractivity contribution in [1.82, 2.24) is 4.57 Å². The van der Waals surface area contributed by atoms with E-state index >= 15 is 0 Å². The lowest BCUT2D eigenvalue weighted by Gasteiger charge is -2.06. The second-order valence-corrected chi connectivity index (χ2v) is 3.60. The zero-order valence-electron chi connectivity index (χ0n) is 8.02. The number of halogens is 1. The summed E-state index contributed by atoms with van der Waals surface area (Å²) in [4.78, 5) is 0. The monoisotopic (exact) mass is 219 g/mol. The van der Waals surface area contributed by atoms with E-state index in [0.29, 0.717) is 6.54 Å². The number of nitrogens with one attached hydrogen (secondary N) is 1. The fourth-order valence-electron chi connectivity index (χ4n) is 1.48. The van der Waals surface area contributed by atoms with Crippen LogP contribution in [0.1, 0.15) is 5.69 Å². The molecule has 76 valence electrons. The summed E-state index contributed by atoms with van der Waals surface area (Å²) < 4.78 is 1.99. The van der Waals surface area contributed by atoms with Crippen LogP contribution < -0.4 is 0 Å². The van der Waals surface area contributed by atoms with Crippen molar-refractivity contribution in [1.29, 1.82) is 5.53 Å². The summed E-state index contributed by atoms with van der Waals surface area (Å²) in [7, 11) is 0. The summed E-state index contributed by atoms with van der Waals surface area (Å²) in [6, 6.07) is 11.5. The summed E-state index contributed by atoms with van der Waals surface area (Å²) in [6.45, 7) is 0.398. The Morgan fingerprint density at radius 3 is 2.60 bits per heavy atom. The van der Waals surface area contributed by atoms with Gasteiger partial charge in [0.2, 0.25) is 0 Å². The Balaban J connectivity index is 2.40. The van der Waals surface area contributed by atoms with E-state index in [1.807, 2.05) is 47.2 Å². The first-order chi connectivity index (χ1) is 7.31. The Kier molecular flexibility index (Phi) is 2.83. The van der Waals surface area contributed by atoms with Crippen LogP contribution in [0.4, 0.5) is 0 Å². The molecule has 0 bridgehead atoms. The van der Waals surface area contributed by atoms with Gasteiger partial charge in [-0.05, 0) is 36.4 Å². The van der Waals surface area contributed by atoms with E-state index in [4.69, 9.17) is 17.1 Å². The van der Waals surface area contributed by atoms with Crippen molar-refractivity contribution < 1.29 is 0 Å². The van der Waals surface area contributed by atoms with Crippen molar-refractivity contribution in [2.45, 2.75) is 6.54 Å². The van der Waals surface area contributed by atoms with Crippen LogP contribution >= 0.6 is 11.6 Å². The quantitative estimate of drug-likeness (QED) is 0.766. The second-order valence-electron chi connectivity index (χ2n) is 3.16. The number of rotatable bonds is 3. The number of aromatic nitrogens is 1. The Bertz CT molecular complexity index is 459. The van der Waals surface area contributed by atoms with Crippen LogP contribution in [0.25, 0.3) is 5.69 Å². The molecule has 1 N–H and O–H groups in total. The molecule has 0 unspecified atom stereocenters. The first kappa shape index (κ1) is 9.93. The van der Waals surface area contributed by atoms with Crippen LogP contribution in [0, 0.1) is 5.53 Å². The van der Waals surface area contributed by atoms with Gasteiger partial charge < -0.3 is 4.57 Å². The third-order valence-electron chi connectivity index (χ3n) is 2.18. The number of hydrogen-bond acceptors (Lipinski definition) is 2. The van der Waals surface area contributed by atoms with Crippen LogP contribution in [-0.4, -0.2) is 4.57 Å². The average molecular weight is 220 g/mol. The molecule has 0 atom stereocenters. The lowest BCUT2D eigenvalue weighted by molar-refractivity contribution is 0.839. The van der Waals surface area contributed by atoms with Gasteiger partial charge in [-0.2, -0.15) is 5.11 Å². The molecule has 0 spiro atoms. The zero-order valence-corrected chi connectivity index (χ0v) is 8.78. The molecule has 0 radical (unpaired) electrons. The average Bonchev–Trinajstić information content (AvgIpc) is 2.68. The topological polar surface area (TPSA) is 41.1 Å². The van der Waals surface area contributed by atoms with Crippen LogP contribution in [0.3, 0.4) is 0 Å². The summed E-state index contributed by atoms with van der Waals surface area (Å²) >= 11 is 5.82. The van der Waals surface area contributed by atoms with E-state index < -0.39 is 0 Å². The molecule has 1 aromatic carbocycles. The van der Waals surface area contributed by atoms with Gasteiger partial charge in [0.1, 0.15) is 6.54 Å². The molecule has 0 saturated carbocycles. The lowest BCUT2D eigenvalue weighted by atomic mass is 10.3. The maximum Gasteiger partial charge on any atom is 0.100 e. The Hall–Kier alpha value is -1.61. The van der Waals surface area contributed by atoms with Crippen LogP contribution in [0.5, 0.6) is 0 Å². The lowest BCUT2D eigenvalue weighted by Crippen LogP contribution is -1.96. The summed E-state index contributed by atoms with van der Waals surface area (Å²) in [6.07, 6.45) is 1.95. The highest BCUT2D eigenvalue weighted by atomic mass is 35.5.